The molecule has 4 nitrogen and oxygen atoms in total. The molecule has 132 valence electrons. The average molecular weight is 316 g/mol. The van der Waals surface area contributed by atoms with Crippen molar-refractivity contribution >= 4 is 5.97 Å². The quantitative estimate of drug-likeness (QED) is 0.147. The van der Waals surface area contributed by atoms with E-state index in [9.17, 15) is 4.79 Å². The molecule has 0 rings (SSSR count). The highest BCUT2D eigenvalue weighted by molar-refractivity contribution is 5.69. The first-order valence-corrected chi connectivity index (χ1v) is 8.93. The molecule has 0 saturated carbocycles. The molecule has 1 atom stereocenters. The summed E-state index contributed by atoms with van der Waals surface area (Å²) in [7, 11) is 0. The number of hydrogen-bond acceptors (Lipinski definition) is 4. The molecule has 1 unspecified atom stereocenters. The van der Waals surface area contributed by atoms with Crippen LogP contribution >= 0.6 is 0 Å². The zero-order valence-electron chi connectivity index (χ0n) is 15.3. The van der Waals surface area contributed by atoms with Crippen molar-refractivity contribution in [3.8, 4) is 0 Å². The monoisotopic (exact) mass is 316 g/mol. The Bertz CT molecular complexity index is 271. The van der Waals surface area contributed by atoms with Crippen molar-refractivity contribution in [3.63, 3.8) is 0 Å². The highest BCUT2D eigenvalue weighted by Crippen LogP contribution is 2.16. The van der Waals surface area contributed by atoms with Gasteiger partial charge < -0.3 is 4.74 Å². The predicted molar refractivity (Wildman–Crippen MR) is 89.3 cm³/mol. The van der Waals surface area contributed by atoms with Crippen molar-refractivity contribution in [3.05, 3.63) is 0 Å². The Balaban J connectivity index is 4.07. The Morgan fingerprint density at radius 2 is 1.50 bits per heavy atom. The summed E-state index contributed by atoms with van der Waals surface area (Å²) in [6.07, 6.45) is 9.56. The number of carbonyl (C=O) groups excluding carboxylic acids is 1. The van der Waals surface area contributed by atoms with E-state index in [1.165, 1.54) is 25.7 Å². The molecule has 0 aliphatic carbocycles. The first-order valence-electron chi connectivity index (χ1n) is 8.93. The maximum atomic E-state index is 11.8. The van der Waals surface area contributed by atoms with Crippen LogP contribution in [0.3, 0.4) is 0 Å². The van der Waals surface area contributed by atoms with Gasteiger partial charge in [-0.2, -0.15) is 4.89 Å². The van der Waals surface area contributed by atoms with Crippen LogP contribution in [0, 0.1) is 0 Å². The molecule has 22 heavy (non-hydrogen) atoms. The van der Waals surface area contributed by atoms with Crippen molar-refractivity contribution in [2.75, 3.05) is 0 Å². The fraction of sp³-hybridized carbons (Fsp3) is 0.944. The molecule has 0 radical (unpaired) electrons. The molecule has 0 saturated heterocycles. The van der Waals surface area contributed by atoms with Gasteiger partial charge in [0.1, 0.15) is 0 Å². The van der Waals surface area contributed by atoms with E-state index in [1.807, 2.05) is 20.8 Å². The van der Waals surface area contributed by atoms with E-state index in [0.29, 0.717) is 12.8 Å². The highest BCUT2D eigenvalue weighted by Gasteiger charge is 2.20. The van der Waals surface area contributed by atoms with Crippen LogP contribution in [0.25, 0.3) is 0 Å². The van der Waals surface area contributed by atoms with Gasteiger partial charge in [-0.25, -0.2) is 4.89 Å². The van der Waals surface area contributed by atoms with Crippen LogP contribution in [0.15, 0.2) is 0 Å². The molecule has 0 aliphatic heterocycles. The van der Waals surface area contributed by atoms with Gasteiger partial charge in [0.05, 0.1) is 5.60 Å². The number of carbonyl (C=O) groups is 1. The Morgan fingerprint density at radius 3 is 2.09 bits per heavy atom. The third-order valence-corrected chi connectivity index (χ3v) is 3.20. The first kappa shape index (κ1) is 21.4. The van der Waals surface area contributed by atoms with Crippen LogP contribution < -0.4 is 0 Å². The Kier molecular flexibility index (Phi) is 12.5. The number of hydrogen-bond donors (Lipinski definition) is 0. The highest BCUT2D eigenvalue weighted by atomic mass is 17.2. The van der Waals surface area contributed by atoms with Gasteiger partial charge in [0.2, 0.25) is 6.29 Å². The van der Waals surface area contributed by atoms with Gasteiger partial charge in [-0.15, -0.1) is 0 Å². The summed E-state index contributed by atoms with van der Waals surface area (Å²) in [5.41, 5.74) is -0.408. The third kappa shape index (κ3) is 14.3. The fourth-order valence-electron chi connectivity index (χ4n) is 1.94. The largest absolute Gasteiger partial charge is 0.433 e. The van der Waals surface area contributed by atoms with Gasteiger partial charge in [0, 0.05) is 12.8 Å². The minimum atomic E-state index is -0.588. The first-order chi connectivity index (χ1) is 10.4. The normalized spacial score (nSPS) is 13.1. The van der Waals surface area contributed by atoms with E-state index in [1.54, 1.807) is 0 Å². The van der Waals surface area contributed by atoms with Gasteiger partial charge >= 0.3 is 5.97 Å². The summed E-state index contributed by atoms with van der Waals surface area (Å²) < 4.78 is 5.39. The lowest BCUT2D eigenvalue weighted by molar-refractivity contribution is -0.410. The van der Waals surface area contributed by atoms with Crippen molar-refractivity contribution in [2.45, 2.75) is 111 Å². The van der Waals surface area contributed by atoms with Gasteiger partial charge in [-0.1, -0.05) is 52.4 Å². The molecule has 0 aromatic carbocycles. The van der Waals surface area contributed by atoms with Gasteiger partial charge in [0.25, 0.3) is 0 Å². The van der Waals surface area contributed by atoms with Crippen molar-refractivity contribution < 1.29 is 19.3 Å². The maximum absolute atomic E-state index is 11.8. The van der Waals surface area contributed by atoms with Crippen LogP contribution in [-0.2, 0) is 19.3 Å². The molecule has 4 heteroatoms. The number of esters is 1. The zero-order chi connectivity index (χ0) is 16.8. The zero-order valence-corrected chi connectivity index (χ0v) is 15.3. The predicted octanol–water partition coefficient (Wildman–Crippen LogP) is 5.54. The van der Waals surface area contributed by atoms with Crippen LogP contribution in [0.1, 0.15) is 98.8 Å². The summed E-state index contributed by atoms with van der Waals surface area (Å²) in [4.78, 5) is 22.4. The molecule has 0 spiro atoms. The van der Waals surface area contributed by atoms with E-state index >= 15 is 0 Å². The molecule has 0 aliphatic rings. The number of unbranched alkanes of at least 4 members (excludes halogenated alkanes) is 6. The lowest BCUT2D eigenvalue weighted by Gasteiger charge is -2.23. The Morgan fingerprint density at radius 1 is 0.909 bits per heavy atom. The fourth-order valence-corrected chi connectivity index (χ4v) is 1.94. The van der Waals surface area contributed by atoms with Crippen LogP contribution in [0.4, 0.5) is 0 Å². The Labute approximate surface area is 136 Å². The molecule has 0 bridgehead atoms. The van der Waals surface area contributed by atoms with E-state index in [-0.39, 0.29) is 5.97 Å². The second-order valence-electron chi connectivity index (χ2n) is 6.87. The van der Waals surface area contributed by atoms with Crippen LogP contribution in [0.2, 0.25) is 0 Å². The molecule has 0 aromatic heterocycles. The van der Waals surface area contributed by atoms with Crippen molar-refractivity contribution in [1.29, 1.82) is 0 Å². The molecule has 0 N–H and O–H groups in total. The maximum Gasteiger partial charge on any atom is 0.308 e. The van der Waals surface area contributed by atoms with Gasteiger partial charge in [-0.3, -0.25) is 4.79 Å². The van der Waals surface area contributed by atoms with E-state index in [0.717, 1.165) is 25.7 Å². The summed E-state index contributed by atoms with van der Waals surface area (Å²) in [5, 5.41) is 0. The standard InChI is InChI=1S/C18H36O4/c1-6-8-10-11-12-13-15-17(21-22-18(3,4)5)20-16(19)14-9-7-2/h17H,6-15H2,1-5H3. The second-order valence-corrected chi connectivity index (χ2v) is 6.87. The summed E-state index contributed by atoms with van der Waals surface area (Å²) in [6, 6.07) is 0. The summed E-state index contributed by atoms with van der Waals surface area (Å²) in [5.74, 6) is -0.199. The number of ether oxygens (including phenoxy) is 1. The topological polar surface area (TPSA) is 44.8 Å². The SMILES string of the molecule is CCCCCCCCC(OOC(C)(C)C)OC(=O)CCCC. The molecular formula is C18H36O4. The summed E-state index contributed by atoms with van der Waals surface area (Å²) in [6.45, 7) is 10.00. The van der Waals surface area contributed by atoms with Crippen LogP contribution in [-0.4, -0.2) is 17.9 Å². The van der Waals surface area contributed by atoms with Crippen LogP contribution in [0.5, 0.6) is 0 Å². The van der Waals surface area contributed by atoms with E-state index < -0.39 is 11.9 Å². The molecule has 0 fully saturated rings. The molecule has 0 heterocycles. The lowest BCUT2D eigenvalue weighted by atomic mass is 10.1. The number of rotatable bonds is 13. The average Bonchev–Trinajstić information content (AvgIpc) is 2.45. The van der Waals surface area contributed by atoms with Crippen molar-refractivity contribution in [2.24, 2.45) is 0 Å². The van der Waals surface area contributed by atoms with Gasteiger partial charge in [-0.05, 0) is 33.6 Å². The minimum absolute atomic E-state index is 0.199. The molecule has 0 aromatic rings. The summed E-state index contributed by atoms with van der Waals surface area (Å²) >= 11 is 0. The smallest absolute Gasteiger partial charge is 0.308 e. The van der Waals surface area contributed by atoms with Gasteiger partial charge in [0.15, 0.2) is 0 Å². The minimum Gasteiger partial charge on any atom is -0.433 e. The molecule has 0 amide bonds. The molecular weight excluding hydrogens is 280 g/mol. The Hall–Kier alpha value is -0.610. The van der Waals surface area contributed by atoms with E-state index in [2.05, 4.69) is 13.8 Å². The lowest BCUT2D eigenvalue weighted by Crippen LogP contribution is -2.27. The second kappa shape index (κ2) is 12.9. The van der Waals surface area contributed by atoms with E-state index in [4.69, 9.17) is 14.5 Å². The third-order valence-electron chi connectivity index (χ3n) is 3.20. The van der Waals surface area contributed by atoms with Crippen molar-refractivity contribution in [1.82, 2.24) is 0 Å².